The van der Waals surface area contributed by atoms with Crippen molar-refractivity contribution in [2.24, 2.45) is 5.16 Å². The summed E-state index contributed by atoms with van der Waals surface area (Å²) in [7, 11) is 0. The Labute approximate surface area is 153 Å². The molecule has 27 heavy (non-hydrogen) atoms. The molecule has 1 N–H and O–H groups in total. The lowest BCUT2D eigenvalue weighted by Crippen LogP contribution is -2.19. The molecule has 0 atom stereocenters. The first-order valence-electron chi connectivity index (χ1n) is 7.71. The second kappa shape index (κ2) is 7.53. The first-order chi connectivity index (χ1) is 12.5. The van der Waals surface area contributed by atoms with Crippen LogP contribution in [0, 0.1) is 11.3 Å². The molecule has 6 nitrogen and oxygen atoms in total. The number of hydrogen-bond acceptors (Lipinski definition) is 6. The van der Waals surface area contributed by atoms with Crippen molar-refractivity contribution < 1.29 is 27.9 Å². The number of alkyl halides is 3. The van der Waals surface area contributed by atoms with Gasteiger partial charge in [0, 0.05) is 6.20 Å². The highest BCUT2D eigenvalue weighted by Crippen LogP contribution is 2.30. The van der Waals surface area contributed by atoms with Crippen LogP contribution in [0.4, 0.5) is 13.2 Å². The number of oxime groups is 1. The Hall–Kier alpha value is -3.28. The van der Waals surface area contributed by atoms with Gasteiger partial charge in [0.2, 0.25) is 0 Å². The number of nitriles is 1. The Morgan fingerprint density at radius 3 is 2.52 bits per heavy atom. The molecule has 142 valence electrons. The van der Waals surface area contributed by atoms with Crippen molar-refractivity contribution in [3.63, 3.8) is 0 Å². The summed E-state index contributed by atoms with van der Waals surface area (Å²) in [4.78, 5) is 9.42. The molecule has 0 saturated carbocycles. The smallest absolute Gasteiger partial charge is 0.507 e. The number of phenolic OH excluding ortho intramolecular Hbond substituents is 1. The topological polar surface area (TPSA) is 87.7 Å². The Morgan fingerprint density at radius 1 is 1.22 bits per heavy atom. The molecule has 0 radical (unpaired) electrons. The van der Waals surface area contributed by atoms with E-state index in [0.29, 0.717) is 0 Å². The van der Waals surface area contributed by atoms with E-state index < -0.39 is 17.7 Å². The summed E-state index contributed by atoms with van der Waals surface area (Å²) in [6.45, 7) is 5.13. The van der Waals surface area contributed by atoms with Crippen LogP contribution in [0.5, 0.6) is 11.5 Å². The van der Waals surface area contributed by atoms with E-state index in [1.165, 1.54) is 18.3 Å². The number of phenols is 1. The van der Waals surface area contributed by atoms with E-state index in [0.717, 1.165) is 18.2 Å². The van der Waals surface area contributed by atoms with Gasteiger partial charge in [-0.2, -0.15) is 5.26 Å². The van der Waals surface area contributed by atoms with Crippen molar-refractivity contribution in [3.8, 4) is 17.6 Å². The van der Waals surface area contributed by atoms with Crippen LogP contribution in [0.1, 0.15) is 37.6 Å². The quantitative estimate of drug-likeness (QED) is 0.638. The first kappa shape index (κ1) is 20.0. The zero-order valence-electron chi connectivity index (χ0n) is 14.7. The van der Waals surface area contributed by atoms with E-state index in [-0.39, 0.29) is 28.3 Å². The minimum atomic E-state index is -4.91. The van der Waals surface area contributed by atoms with E-state index in [1.54, 1.807) is 20.8 Å². The lowest BCUT2D eigenvalue weighted by Gasteiger charge is -2.18. The van der Waals surface area contributed by atoms with Gasteiger partial charge >= 0.3 is 6.36 Å². The lowest BCUT2D eigenvalue weighted by atomic mass is 10.0. The zero-order chi connectivity index (χ0) is 20.2. The number of benzene rings is 1. The molecule has 0 spiro atoms. The molecule has 0 aliphatic heterocycles. The average molecular weight is 379 g/mol. The third-order valence-corrected chi connectivity index (χ3v) is 3.02. The normalized spacial score (nSPS) is 12.4. The molecule has 0 saturated heterocycles. The molecule has 0 amide bonds. The number of hydrogen-bond donors (Lipinski definition) is 1. The van der Waals surface area contributed by atoms with E-state index in [1.807, 2.05) is 6.07 Å². The van der Waals surface area contributed by atoms with Crippen LogP contribution >= 0.6 is 0 Å². The maximum atomic E-state index is 12.5. The molecule has 9 heteroatoms. The van der Waals surface area contributed by atoms with E-state index >= 15 is 0 Å². The van der Waals surface area contributed by atoms with E-state index in [4.69, 9.17) is 4.84 Å². The highest BCUT2D eigenvalue weighted by molar-refractivity contribution is 6.14. The summed E-state index contributed by atoms with van der Waals surface area (Å²) >= 11 is 0. The standard InChI is InChI=1S/C18H16F3N3O3/c1-17(2,3)27-24-16(15-11(10-22)5-4-8-23-15)13-9-12(6-7-14(13)25)26-18(19,20)21/h4-9,25H,1-3H3. The summed E-state index contributed by atoms with van der Waals surface area (Å²) < 4.78 is 41.5. The van der Waals surface area contributed by atoms with Crippen molar-refractivity contribution in [1.29, 1.82) is 5.26 Å². The molecular formula is C18H16F3N3O3. The second-order valence-electron chi connectivity index (χ2n) is 6.38. The second-order valence-corrected chi connectivity index (χ2v) is 6.38. The van der Waals surface area contributed by atoms with E-state index in [9.17, 15) is 23.5 Å². The van der Waals surface area contributed by atoms with Crippen molar-refractivity contribution in [3.05, 3.63) is 53.3 Å². The van der Waals surface area contributed by atoms with Crippen LogP contribution in [-0.2, 0) is 4.84 Å². The number of rotatable bonds is 4. The third-order valence-electron chi connectivity index (χ3n) is 3.02. The molecule has 0 aliphatic rings. The fraction of sp³-hybridized carbons (Fsp3) is 0.278. The summed E-state index contributed by atoms with van der Waals surface area (Å²) in [6.07, 6.45) is -3.52. The SMILES string of the molecule is CC(C)(C)ON=C(c1cc(OC(F)(F)F)ccc1O)c1ncccc1C#N. The van der Waals surface area contributed by atoms with Gasteiger partial charge in [0.25, 0.3) is 0 Å². The molecule has 0 bridgehead atoms. The Bertz CT molecular complexity index is 897. The number of halogens is 3. The predicted molar refractivity (Wildman–Crippen MR) is 90.2 cm³/mol. The van der Waals surface area contributed by atoms with Gasteiger partial charge in [0.05, 0.1) is 11.1 Å². The molecule has 2 aromatic rings. The monoisotopic (exact) mass is 379 g/mol. The van der Waals surface area contributed by atoms with Crippen molar-refractivity contribution >= 4 is 5.71 Å². The van der Waals surface area contributed by atoms with E-state index in [2.05, 4.69) is 14.9 Å². The van der Waals surface area contributed by atoms with Crippen molar-refractivity contribution in [1.82, 2.24) is 4.98 Å². The largest absolute Gasteiger partial charge is 0.573 e. The predicted octanol–water partition coefficient (Wildman–Crippen LogP) is 4.12. The fourth-order valence-corrected chi connectivity index (χ4v) is 1.99. The maximum absolute atomic E-state index is 12.5. The zero-order valence-corrected chi connectivity index (χ0v) is 14.7. The molecule has 0 fully saturated rings. The Morgan fingerprint density at radius 2 is 1.93 bits per heavy atom. The summed E-state index contributed by atoms with van der Waals surface area (Å²) in [5, 5.41) is 23.4. The number of pyridine rings is 1. The van der Waals surface area contributed by atoms with Crippen molar-refractivity contribution in [2.45, 2.75) is 32.7 Å². The van der Waals surface area contributed by atoms with Gasteiger partial charge in [0.15, 0.2) is 0 Å². The van der Waals surface area contributed by atoms with Gasteiger partial charge in [-0.05, 0) is 51.1 Å². The molecule has 1 aromatic heterocycles. The number of ether oxygens (including phenoxy) is 1. The molecule has 0 aliphatic carbocycles. The number of nitrogens with zero attached hydrogens (tertiary/aromatic N) is 3. The minimum Gasteiger partial charge on any atom is -0.507 e. The van der Waals surface area contributed by atoms with Crippen LogP contribution in [0.2, 0.25) is 0 Å². The third kappa shape index (κ3) is 5.60. The van der Waals surface area contributed by atoms with Gasteiger partial charge in [-0.3, -0.25) is 4.98 Å². The Balaban J connectivity index is 2.64. The van der Waals surface area contributed by atoms with Crippen LogP contribution < -0.4 is 4.74 Å². The first-order valence-corrected chi connectivity index (χ1v) is 7.71. The summed E-state index contributed by atoms with van der Waals surface area (Å²) in [5.41, 5.74) is -0.815. The highest BCUT2D eigenvalue weighted by Gasteiger charge is 2.32. The minimum absolute atomic E-state index is 0.0451. The average Bonchev–Trinajstić information content (AvgIpc) is 2.56. The van der Waals surface area contributed by atoms with Crippen LogP contribution in [-0.4, -0.2) is 27.8 Å². The fourth-order valence-electron chi connectivity index (χ4n) is 1.99. The molecule has 1 heterocycles. The molecule has 0 unspecified atom stereocenters. The van der Waals surface area contributed by atoms with Gasteiger partial charge in [0.1, 0.15) is 34.6 Å². The lowest BCUT2D eigenvalue weighted by molar-refractivity contribution is -0.274. The molecular weight excluding hydrogens is 363 g/mol. The van der Waals surface area contributed by atoms with Gasteiger partial charge in [-0.25, -0.2) is 0 Å². The van der Waals surface area contributed by atoms with Gasteiger partial charge in [-0.1, -0.05) is 5.16 Å². The number of aromatic hydroxyl groups is 1. The van der Waals surface area contributed by atoms with Crippen LogP contribution in [0.15, 0.2) is 41.7 Å². The molecule has 1 aromatic carbocycles. The van der Waals surface area contributed by atoms with Crippen molar-refractivity contribution in [2.75, 3.05) is 0 Å². The van der Waals surface area contributed by atoms with Gasteiger partial charge in [-0.15, -0.1) is 13.2 Å². The Kier molecular flexibility index (Phi) is 5.59. The van der Waals surface area contributed by atoms with Crippen LogP contribution in [0.3, 0.4) is 0 Å². The van der Waals surface area contributed by atoms with Crippen LogP contribution in [0.25, 0.3) is 0 Å². The van der Waals surface area contributed by atoms with Gasteiger partial charge < -0.3 is 14.7 Å². The highest BCUT2D eigenvalue weighted by atomic mass is 19.4. The molecule has 2 rings (SSSR count). The number of aromatic nitrogens is 1. The summed E-state index contributed by atoms with van der Waals surface area (Å²) in [5.74, 6) is -0.941. The summed E-state index contributed by atoms with van der Waals surface area (Å²) in [6, 6.07) is 7.84. The maximum Gasteiger partial charge on any atom is 0.573 e.